The van der Waals surface area contributed by atoms with E-state index in [1.54, 1.807) is 11.3 Å². The van der Waals surface area contributed by atoms with Crippen LogP contribution in [0.25, 0.3) is 10.8 Å². The Morgan fingerprint density at radius 3 is 3.04 bits per heavy atom. The van der Waals surface area contributed by atoms with Crippen LogP contribution in [0.3, 0.4) is 0 Å². The summed E-state index contributed by atoms with van der Waals surface area (Å²) in [4.78, 5) is 16.8. The SMILES string of the molecule is C[C@H]1CCN(C(=O)CSc2nnc(-c3cccs3)o2)c2ccccc2S1. The molecule has 0 saturated heterocycles. The summed E-state index contributed by atoms with van der Waals surface area (Å²) >= 11 is 4.67. The number of thiophene rings is 1. The molecule has 0 saturated carbocycles. The van der Waals surface area contributed by atoms with E-state index < -0.39 is 0 Å². The van der Waals surface area contributed by atoms with Crippen LogP contribution in [0.15, 0.2) is 56.3 Å². The monoisotopic (exact) mass is 403 g/mol. The summed E-state index contributed by atoms with van der Waals surface area (Å²) in [7, 11) is 0. The molecule has 1 aromatic carbocycles. The number of benzene rings is 1. The minimum absolute atomic E-state index is 0.0630. The minimum Gasteiger partial charge on any atom is -0.410 e. The summed E-state index contributed by atoms with van der Waals surface area (Å²) in [6.07, 6.45) is 0.971. The molecule has 2 aromatic heterocycles. The first kappa shape index (κ1) is 17.6. The Morgan fingerprint density at radius 1 is 1.31 bits per heavy atom. The molecule has 1 aliphatic heterocycles. The summed E-state index contributed by atoms with van der Waals surface area (Å²) in [5.41, 5.74) is 0.997. The van der Waals surface area contributed by atoms with Gasteiger partial charge in [-0.25, -0.2) is 0 Å². The molecule has 8 heteroatoms. The molecule has 0 unspecified atom stereocenters. The van der Waals surface area contributed by atoms with Crippen molar-refractivity contribution in [1.82, 2.24) is 10.2 Å². The lowest BCUT2D eigenvalue weighted by Crippen LogP contribution is -2.33. The summed E-state index contributed by atoms with van der Waals surface area (Å²) in [5, 5.41) is 11.0. The van der Waals surface area contributed by atoms with Crippen molar-refractivity contribution in [2.45, 2.75) is 28.7 Å². The van der Waals surface area contributed by atoms with E-state index >= 15 is 0 Å². The number of hydrogen-bond donors (Lipinski definition) is 0. The quantitative estimate of drug-likeness (QED) is 0.583. The number of thioether (sulfide) groups is 2. The van der Waals surface area contributed by atoms with Gasteiger partial charge in [-0.1, -0.05) is 36.9 Å². The molecule has 1 amide bonds. The Morgan fingerprint density at radius 2 is 2.19 bits per heavy atom. The maximum atomic E-state index is 12.8. The second-order valence-corrected chi connectivity index (χ2v) is 9.22. The molecule has 0 radical (unpaired) electrons. The van der Waals surface area contributed by atoms with Crippen LogP contribution < -0.4 is 4.90 Å². The number of nitrogens with zero attached hydrogens (tertiary/aromatic N) is 3. The van der Waals surface area contributed by atoms with Crippen LogP contribution in [0.5, 0.6) is 0 Å². The molecule has 4 rings (SSSR count). The van der Waals surface area contributed by atoms with E-state index in [4.69, 9.17) is 4.42 Å². The average Bonchev–Trinajstić information content (AvgIpc) is 3.29. The van der Waals surface area contributed by atoms with Gasteiger partial charge < -0.3 is 9.32 Å². The van der Waals surface area contributed by atoms with Crippen molar-refractivity contribution in [3.63, 3.8) is 0 Å². The summed E-state index contributed by atoms with van der Waals surface area (Å²) in [6, 6.07) is 12.0. The molecular weight excluding hydrogens is 386 g/mol. The van der Waals surface area contributed by atoms with Gasteiger partial charge in [0.2, 0.25) is 5.91 Å². The first-order valence-electron chi connectivity index (χ1n) is 8.27. The van der Waals surface area contributed by atoms with Gasteiger partial charge in [0.15, 0.2) is 0 Å². The Kier molecular flexibility index (Phi) is 5.33. The standard InChI is InChI=1S/C18H17N3O2S3/c1-12-8-9-21(13-5-2-3-6-14(13)26-12)16(22)11-25-18-20-19-17(23-18)15-7-4-10-24-15/h2-7,10,12H,8-9,11H2,1H3/t12-/m0/s1. The summed E-state index contributed by atoms with van der Waals surface area (Å²) < 4.78 is 5.65. The predicted molar refractivity (Wildman–Crippen MR) is 107 cm³/mol. The molecule has 134 valence electrons. The van der Waals surface area contributed by atoms with Crippen LogP contribution in [0.1, 0.15) is 13.3 Å². The van der Waals surface area contributed by atoms with Crippen molar-refractivity contribution in [2.24, 2.45) is 0 Å². The Labute approximate surface area is 164 Å². The van der Waals surface area contributed by atoms with E-state index in [0.29, 0.717) is 16.4 Å². The lowest BCUT2D eigenvalue weighted by atomic mass is 10.2. The Hall–Kier alpha value is -1.77. The normalized spacial score (nSPS) is 17.0. The van der Waals surface area contributed by atoms with Crippen molar-refractivity contribution in [3.8, 4) is 10.8 Å². The number of carbonyl (C=O) groups is 1. The van der Waals surface area contributed by atoms with Crippen LogP contribution in [-0.2, 0) is 4.79 Å². The molecule has 26 heavy (non-hydrogen) atoms. The number of hydrogen-bond acceptors (Lipinski definition) is 7. The van der Waals surface area contributed by atoms with E-state index in [2.05, 4.69) is 23.2 Å². The molecule has 1 aliphatic rings. The number of rotatable bonds is 4. The van der Waals surface area contributed by atoms with Gasteiger partial charge in [0.1, 0.15) is 0 Å². The van der Waals surface area contributed by atoms with Crippen LogP contribution in [0.2, 0.25) is 0 Å². The fourth-order valence-electron chi connectivity index (χ4n) is 2.72. The lowest BCUT2D eigenvalue weighted by molar-refractivity contribution is -0.116. The molecule has 0 fully saturated rings. The first-order chi connectivity index (χ1) is 12.7. The number of carbonyl (C=O) groups excluding carboxylic acids is 1. The van der Waals surface area contributed by atoms with Crippen molar-refractivity contribution < 1.29 is 9.21 Å². The Balaban J connectivity index is 1.45. The zero-order valence-corrected chi connectivity index (χ0v) is 16.6. The fourth-order valence-corrected chi connectivity index (χ4v) is 5.11. The van der Waals surface area contributed by atoms with Gasteiger partial charge in [-0.2, -0.15) is 0 Å². The van der Waals surface area contributed by atoms with Gasteiger partial charge >= 0.3 is 0 Å². The molecule has 0 bridgehead atoms. The zero-order chi connectivity index (χ0) is 17.9. The topological polar surface area (TPSA) is 59.2 Å². The van der Waals surface area contributed by atoms with Crippen molar-refractivity contribution in [2.75, 3.05) is 17.2 Å². The van der Waals surface area contributed by atoms with E-state index in [1.165, 1.54) is 11.8 Å². The molecule has 0 aliphatic carbocycles. The molecule has 3 aromatic rings. The lowest BCUT2D eigenvalue weighted by Gasteiger charge is -2.22. The second kappa shape index (κ2) is 7.85. The van der Waals surface area contributed by atoms with Crippen molar-refractivity contribution in [3.05, 3.63) is 41.8 Å². The highest BCUT2D eigenvalue weighted by atomic mass is 32.2. The number of amides is 1. The van der Waals surface area contributed by atoms with E-state index in [9.17, 15) is 4.79 Å². The van der Waals surface area contributed by atoms with Gasteiger partial charge in [-0.05, 0) is 30.0 Å². The van der Waals surface area contributed by atoms with Crippen LogP contribution in [0.4, 0.5) is 5.69 Å². The zero-order valence-electron chi connectivity index (χ0n) is 14.1. The number of fused-ring (bicyclic) bond motifs is 1. The molecule has 0 N–H and O–H groups in total. The van der Waals surface area contributed by atoms with Gasteiger partial charge in [-0.3, -0.25) is 4.79 Å². The number of aromatic nitrogens is 2. The fraction of sp³-hybridized carbons (Fsp3) is 0.278. The molecule has 5 nitrogen and oxygen atoms in total. The number of para-hydroxylation sites is 1. The maximum Gasteiger partial charge on any atom is 0.277 e. The van der Waals surface area contributed by atoms with E-state index in [-0.39, 0.29) is 11.7 Å². The maximum absolute atomic E-state index is 12.8. The van der Waals surface area contributed by atoms with Gasteiger partial charge in [0.05, 0.1) is 16.3 Å². The largest absolute Gasteiger partial charge is 0.410 e. The minimum atomic E-state index is 0.0630. The summed E-state index contributed by atoms with van der Waals surface area (Å²) in [6.45, 7) is 2.93. The highest BCUT2D eigenvalue weighted by Gasteiger charge is 2.24. The average molecular weight is 404 g/mol. The van der Waals surface area contributed by atoms with Gasteiger partial charge in [0.25, 0.3) is 11.1 Å². The van der Waals surface area contributed by atoms with Crippen molar-refractivity contribution in [1.29, 1.82) is 0 Å². The van der Waals surface area contributed by atoms with Gasteiger partial charge in [0, 0.05) is 16.7 Å². The second-order valence-electron chi connectivity index (χ2n) is 5.87. The Bertz CT molecular complexity index is 895. The molecule has 0 spiro atoms. The van der Waals surface area contributed by atoms with Gasteiger partial charge in [-0.15, -0.1) is 33.3 Å². The number of anilines is 1. The molecule has 1 atom stereocenters. The third-order valence-corrected chi connectivity index (χ3v) is 6.90. The first-order valence-corrected chi connectivity index (χ1v) is 11.0. The highest BCUT2D eigenvalue weighted by Crippen LogP contribution is 2.37. The molecular formula is C18H17N3O2S3. The third-order valence-electron chi connectivity index (χ3n) is 4.00. The third kappa shape index (κ3) is 3.82. The van der Waals surface area contributed by atoms with Crippen LogP contribution in [0, 0.1) is 0 Å². The van der Waals surface area contributed by atoms with Crippen molar-refractivity contribution >= 4 is 46.5 Å². The predicted octanol–water partition coefficient (Wildman–Crippen LogP) is 4.81. The highest BCUT2D eigenvalue weighted by molar-refractivity contribution is 8.00. The van der Waals surface area contributed by atoms with Crippen LogP contribution >= 0.6 is 34.9 Å². The smallest absolute Gasteiger partial charge is 0.277 e. The summed E-state index contributed by atoms with van der Waals surface area (Å²) in [5.74, 6) is 0.840. The molecule has 3 heterocycles. The van der Waals surface area contributed by atoms with E-state index in [0.717, 1.165) is 28.4 Å². The van der Waals surface area contributed by atoms with E-state index in [1.807, 2.05) is 52.4 Å². The van der Waals surface area contributed by atoms with Crippen LogP contribution in [-0.4, -0.2) is 33.7 Å².